The highest BCUT2D eigenvalue weighted by Gasteiger charge is 2.43. The van der Waals surface area contributed by atoms with E-state index in [1.54, 1.807) is 14.2 Å². The standard InChI is InChI=1S/C18H27N3O2.HI/c1-19-17(21-10-9-18(13-21)7-4-8-18)20-12-14-5-6-15(22-2)11-16(14)23-3;/h5-6,11H,4,7-10,12-13H2,1-3H3,(H,19,20);1H. The van der Waals surface area contributed by atoms with Gasteiger partial charge in [-0.25, -0.2) is 0 Å². The molecule has 1 aliphatic carbocycles. The summed E-state index contributed by atoms with van der Waals surface area (Å²) in [7, 11) is 5.21. The number of aliphatic imine (C=N–C) groups is 1. The lowest BCUT2D eigenvalue weighted by molar-refractivity contribution is 0.151. The Hall–Kier alpha value is -1.18. The Balaban J connectivity index is 0.00000208. The Morgan fingerprint density at radius 3 is 2.58 bits per heavy atom. The maximum Gasteiger partial charge on any atom is 0.193 e. The van der Waals surface area contributed by atoms with Gasteiger partial charge in [-0.2, -0.15) is 0 Å². The number of likely N-dealkylation sites (tertiary alicyclic amines) is 1. The van der Waals surface area contributed by atoms with Crippen molar-refractivity contribution in [3.05, 3.63) is 23.8 Å². The summed E-state index contributed by atoms with van der Waals surface area (Å²) in [6.07, 6.45) is 5.46. The van der Waals surface area contributed by atoms with Crippen LogP contribution in [0.25, 0.3) is 0 Å². The van der Waals surface area contributed by atoms with E-state index in [0.29, 0.717) is 12.0 Å². The smallest absolute Gasteiger partial charge is 0.193 e. The molecule has 1 aromatic rings. The lowest BCUT2D eigenvalue weighted by atomic mass is 9.68. The van der Waals surface area contributed by atoms with E-state index in [2.05, 4.69) is 15.2 Å². The maximum atomic E-state index is 5.47. The zero-order chi connectivity index (χ0) is 16.3. The van der Waals surface area contributed by atoms with Crippen molar-refractivity contribution in [2.45, 2.75) is 32.2 Å². The van der Waals surface area contributed by atoms with Crippen molar-refractivity contribution in [1.82, 2.24) is 10.2 Å². The van der Waals surface area contributed by atoms with Crippen molar-refractivity contribution in [1.29, 1.82) is 0 Å². The average Bonchev–Trinajstić information content (AvgIpc) is 3.01. The summed E-state index contributed by atoms with van der Waals surface area (Å²) in [5.41, 5.74) is 1.68. The first-order valence-corrected chi connectivity index (χ1v) is 8.36. The number of benzene rings is 1. The van der Waals surface area contributed by atoms with Gasteiger partial charge in [-0.3, -0.25) is 4.99 Å². The number of methoxy groups -OCH3 is 2. The van der Waals surface area contributed by atoms with Gasteiger partial charge >= 0.3 is 0 Å². The summed E-state index contributed by atoms with van der Waals surface area (Å²) >= 11 is 0. The number of hydrogen-bond acceptors (Lipinski definition) is 3. The second-order valence-electron chi connectivity index (χ2n) is 6.60. The van der Waals surface area contributed by atoms with Gasteiger partial charge in [0.15, 0.2) is 5.96 Å². The van der Waals surface area contributed by atoms with Crippen molar-refractivity contribution >= 4 is 29.9 Å². The van der Waals surface area contributed by atoms with Crippen LogP contribution < -0.4 is 14.8 Å². The van der Waals surface area contributed by atoms with Crippen LogP contribution in [0, 0.1) is 5.41 Å². The normalized spacial score (nSPS) is 18.8. The van der Waals surface area contributed by atoms with Gasteiger partial charge in [0.1, 0.15) is 11.5 Å². The highest BCUT2D eigenvalue weighted by Crippen LogP contribution is 2.47. The van der Waals surface area contributed by atoms with Gasteiger partial charge in [0.25, 0.3) is 0 Å². The first kappa shape index (κ1) is 19.1. The Morgan fingerprint density at radius 2 is 2.04 bits per heavy atom. The fourth-order valence-corrected chi connectivity index (χ4v) is 3.71. The third kappa shape index (κ3) is 3.90. The summed E-state index contributed by atoms with van der Waals surface area (Å²) in [5, 5.41) is 3.48. The first-order valence-electron chi connectivity index (χ1n) is 8.36. The van der Waals surface area contributed by atoms with Gasteiger partial charge in [-0.15, -0.1) is 24.0 Å². The molecule has 5 nitrogen and oxygen atoms in total. The largest absolute Gasteiger partial charge is 0.497 e. The summed E-state index contributed by atoms with van der Waals surface area (Å²) in [5.74, 6) is 2.64. The van der Waals surface area contributed by atoms with E-state index in [1.165, 1.54) is 25.7 Å². The highest BCUT2D eigenvalue weighted by molar-refractivity contribution is 14.0. The van der Waals surface area contributed by atoms with E-state index in [9.17, 15) is 0 Å². The Labute approximate surface area is 161 Å². The van der Waals surface area contributed by atoms with Crippen molar-refractivity contribution in [3.8, 4) is 11.5 Å². The van der Waals surface area contributed by atoms with Crippen molar-refractivity contribution in [2.24, 2.45) is 10.4 Å². The van der Waals surface area contributed by atoms with Crippen LogP contribution in [0.1, 0.15) is 31.2 Å². The van der Waals surface area contributed by atoms with Crippen LogP contribution in [0.4, 0.5) is 0 Å². The molecule has 6 heteroatoms. The molecule has 134 valence electrons. The number of nitrogens with zero attached hydrogens (tertiary/aromatic N) is 2. The van der Waals surface area contributed by atoms with Crippen molar-refractivity contribution in [2.75, 3.05) is 34.4 Å². The zero-order valence-corrected chi connectivity index (χ0v) is 17.1. The highest BCUT2D eigenvalue weighted by atomic mass is 127. The summed E-state index contributed by atoms with van der Waals surface area (Å²) in [4.78, 5) is 6.86. The minimum Gasteiger partial charge on any atom is -0.497 e. The quantitative estimate of drug-likeness (QED) is 0.439. The fraction of sp³-hybridized carbons (Fsp3) is 0.611. The Morgan fingerprint density at radius 1 is 1.25 bits per heavy atom. The molecule has 1 saturated heterocycles. The Bertz CT molecular complexity index is 588. The molecule has 2 aliphatic rings. The molecule has 1 N–H and O–H groups in total. The number of guanidine groups is 1. The second-order valence-corrected chi connectivity index (χ2v) is 6.60. The van der Waals surface area contributed by atoms with Gasteiger partial charge in [0, 0.05) is 38.3 Å². The third-order valence-corrected chi connectivity index (χ3v) is 5.30. The molecule has 0 amide bonds. The molecular formula is C18H28IN3O2. The molecular weight excluding hydrogens is 417 g/mol. The second kappa shape index (κ2) is 8.27. The molecule has 1 aromatic carbocycles. The van der Waals surface area contributed by atoms with Crippen LogP contribution in [-0.2, 0) is 6.54 Å². The predicted octanol–water partition coefficient (Wildman–Crippen LogP) is 3.27. The van der Waals surface area contributed by atoms with E-state index in [4.69, 9.17) is 9.47 Å². The van der Waals surface area contributed by atoms with Crippen LogP contribution in [0.5, 0.6) is 11.5 Å². The molecule has 2 fully saturated rings. The topological polar surface area (TPSA) is 46.1 Å². The van der Waals surface area contributed by atoms with Crippen LogP contribution >= 0.6 is 24.0 Å². The Kier molecular flexibility index (Phi) is 6.60. The molecule has 3 rings (SSSR count). The van der Waals surface area contributed by atoms with Crippen LogP contribution in [0.3, 0.4) is 0 Å². The van der Waals surface area contributed by atoms with Crippen LogP contribution in [0.2, 0.25) is 0 Å². The van der Waals surface area contributed by atoms with Gasteiger partial charge in [-0.1, -0.05) is 6.42 Å². The van der Waals surface area contributed by atoms with Gasteiger partial charge in [0.05, 0.1) is 14.2 Å². The molecule has 1 aliphatic heterocycles. The summed E-state index contributed by atoms with van der Waals surface area (Å²) < 4.78 is 10.7. The van der Waals surface area contributed by atoms with E-state index >= 15 is 0 Å². The van der Waals surface area contributed by atoms with E-state index in [0.717, 1.165) is 36.1 Å². The van der Waals surface area contributed by atoms with Gasteiger partial charge in [0.2, 0.25) is 0 Å². The molecule has 1 spiro atoms. The average molecular weight is 445 g/mol. The summed E-state index contributed by atoms with van der Waals surface area (Å²) in [6, 6.07) is 5.91. The molecule has 0 aromatic heterocycles. The lowest BCUT2D eigenvalue weighted by Gasteiger charge is -2.38. The minimum atomic E-state index is 0. The van der Waals surface area contributed by atoms with E-state index in [-0.39, 0.29) is 24.0 Å². The molecule has 0 unspecified atom stereocenters. The van der Waals surface area contributed by atoms with Gasteiger partial charge in [-0.05, 0) is 36.8 Å². The zero-order valence-electron chi connectivity index (χ0n) is 14.8. The molecule has 0 atom stereocenters. The number of hydrogen-bond donors (Lipinski definition) is 1. The molecule has 0 bridgehead atoms. The van der Waals surface area contributed by atoms with E-state index in [1.807, 2.05) is 25.2 Å². The SMILES string of the molecule is CN=C(NCc1ccc(OC)cc1OC)N1CCC2(CCC2)C1.I. The summed E-state index contributed by atoms with van der Waals surface area (Å²) in [6.45, 7) is 2.95. The van der Waals surface area contributed by atoms with Crippen molar-refractivity contribution in [3.63, 3.8) is 0 Å². The fourth-order valence-electron chi connectivity index (χ4n) is 3.71. The number of rotatable bonds is 4. The minimum absolute atomic E-state index is 0. The monoisotopic (exact) mass is 445 g/mol. The van der Waals surface area contributed by atoms with Crippen molar-refractivity contribution < 1.29 is 9.47 Å². The third-order valence-electron chi connectivity index (χ3n) is 5.30. The maximum absolute atomic E-state index is 5.47. The van der Waals surface area contributed by atoms with Gasteiger partial charge < -0.3 is 19.7 Å². The molecule has 24 heavy (non-hydrogen) atoms. The predicted molar refractivity (Wildman–Crippen MR) is 108 cm³/mol. The first-order chi connectivity index (χ1) is 11.2. The molecule has 0 radical (unpaired) electrons. The molecule has 1 heterocycles. The number of halogens is 1. The number of nitrogens with one attached hydrogen (secondary N) is 1. The van der Waals surface area contributed by atoms with Crippen LogP contribution in [-0.4, -0.2) is 45.2 Å². The lowest BCUT2D eigenvalue weighted by Crippen LogP contribution is -2.42. The van der Waals surface area contributed by atoms with Crippen LogP contribution in [0.15, 0.2) is 23.2 Å². The van der Waals surface area contributed by atoms with E-state index < -0.39 is 0 Å². The molecule has 1 saturated carbocycles. The number of ether oxygens (including phenoxy) is 2.